The van der Waals surface area contributed by atoms with Crippen LogP contribution >= 0.6 is 0 Å². The van der Waals surface area contributed by atoms with Gasteiger partial charge in [-0.15, -0.1) is 0 Å². The molecular weight excluding hydrogens is 140 g/mol. The van der Waals surface area contributed by atoms with Crippen LogP contribution in [0.15, 0.2) is 12.3 Å². The van der Waals surface area contributed by atoms with E-state index in [1.54, 1.807) is 0 Å². The molecule has 62 valence electrons. The van der Waals surface area contributed by atoms with Crippen molar-refractivity contribution in [2.24, 2.45) is 0 Å². The Morgan fingerprint density at radius 1 is 1.55 bits per heavy atom. The second-order valence-corrected chi connectivity index (χ2v) is 2.94. The Labute approximate surface area is 67.0 Å². The van der Waals surface area contributed by atoms with Gasteiger partial charge in [0.25, 0.3) is 0 Å². The lowest BCUT2D eigenvalue weighted by Gasteiger charge is -2.31. The van der Waals surface area contributed by atoms with Crippen molar-refractivity contribution in [2.75, 3.05) is 26.2 Å². The van der Waals surface area contributed by atoms with Crippen molar-refractivity contribution in [2.45, 2.75) is 12.6 Å². The molecule has 0 aromatic carbocycles. The molecule has 1 atom stereocenters. The van der Waals surface area contributed by atoms with E-state index in [0.29, 0.717) is 0 Å². The van der Waals surface area contributed by atoms with Gasteiger partial charge in [0.2, 0.25) is 0 Å². The molecule has 1 fully saturated rings. The minimum absolute atomic E-state index is 0.280. The molecule has 1 N–H and O–H groups in total. The van der Waals surface area contributed by atoms with Crippen LogP contribution in [-0.4, -0.2) is 37.4 Å². The average Bonchev–Trinajstić information content (AvgIpc) is 2.58. The maximum absolute atomic E-state index is 5.57. The van der Waals surface area contributed by atoms with Gasteiger partial charge in [0, 0.05) is 19.6 Å². The zero-order chi connectivity index (χ0) is 7.52. The minimum Gasteiger partial charge on any atom is -0.356 e. The summed E-state index contributed by atoms with van der Waals surface area (Å²) in [6.07, 6.45) is 5.78. The zero-order valence-electron chi connectivity index (χ0n) is 6.62. The van der Waals surface area contributed by atoms with Crippen LogP contribution in [0, 0.1) is 0 Å². The molecule has 0 amide bonds. The van der Waals surface area contributed by atoms with Gasteiger partial charge >= 0.3 is 0 Å². The number of hydrogen-bond donors (Lipinski definition) is 1. The SMILES string of the molecule is C1=CN(C2CNCCO2)CC1. The third-order valence-corrected chi connectivity index (χ3v) is 2.13. The maximum Gasteiger partial charge on any atom is 0.142 e. The van der Waals surface area contributed by atoms with Crippen LogP contribution in [0.25, 0.3) is 0 Å². The highest BCUT2D eigenvalue weighted by atomic mass is 16.5. The predicted molar refractivity (Wildman–Crippen MR) is 43.1 cm³/mol. The van der Waals surface area contributed by atoms with Gasteiger partial charge in [0.15, 0.2) is 0 Å². The fraction of sp³-hybridized carbons (Fsp3) is 0.750. The first kappa shape index (κ1) is 7.13. The highest BCUT2D eigenvalue weighted by Gasteiger charge is 2.19. The Morgan fingerprint density at radius 2 is 2.55 bits per heavy atom. The molecule has 0 aromatic heterocycles. The number of morpholine rings is 1. The number of nitrogens with one attached hydrogen (secondary N) is 1. The average molecular weight is 154 g/mol. The normalized spacial score (nSPS) is 31.3. The van der Waals surface area contributed by atoms with Gasteiger partial charge in [0.1, 0.15) is 6.23 Å². The lowest BCUT2D eigenvalue weighted by molar-refractivity contribution is -0.0507. The summed E-state index contributed by atoms with van der Waals surface area (Å²) in [7, 11) is 0. The van der Waals surface area contributed by atoms with Crippen LogP contribution in [-0.2, 0) is 4.74 Å². The smallest absolute Gasteiger partial charge is 0.142 e. The molecule has 0 aliphatic carbocycles. The lowest BCUT2D eigenvalue weighted by Crippen LogP contribution is -2.46. The molecule has 0 radical (unpaired) electrons. The van der Waals surface area contributed by atoms with Crippen molar-refractivity contribution in [3.8, 4) is 0 Å². The van der Waals surface area contributed by atoms with Gasteiger partial charge in [-0.05, 0) is 12.6 Å². The van der Waals surface area contributed by atoms with E-state index in [1.165, 1.54) is 6.42 Å². The topological polar surface area (TPSA) is 24.5 Å². The summed E-state index contributed by atoms with van der Waals surface area (Å²) < 4.78 is 5.57. The monoisotopic (exact) mass is 154 g/mol. The van der Waals surface area contributed by atoms with Crippen molar-refractivity contribution < 1.29 is 4.74 Å². The Balaban J connectivity index is 1.87. The highest BCUT2D eigenvalue weighted by molar-refractivity contribution is 4.93. The molecular formula is C8H14N2O. The summed E-state index contributed by atoms with van der Waals surface area (Å²) in [4.78, 5) is 2.26. The molecule has 0 spiro atoms. The fourth-order valence-corrected chi connectivity index (χ4v) is 1.51. The van der Waals surface area contributed by atoms with Crippen LogP contribution in [0.5, 0.6) is 0 Å². The van der Waals surface area contributed by atoms with E-state index in [1.807, 2.05) is 0 Å². The summed E-state index contributed by atoms with van der Waals surface area (Å²) in [6.45, 7) is 3.92. The number of rotatable bonds is 1. The van der Waals surface area contributed by atoms with E-state index in [0.717, 1.165) is 26.2 Å². The Hall–Kier alpha value is -0.540. The van der Waals surface area contributed by atoms with Gasteiger partial charge in [-0.1, -0.05) is 6.08 Å². The van der Waals surface area contributed by atoms with Crippen molar-refractivity contribution in [3.63, 3.8) is 0 Å². The van der Waals surface area contributed by atoms with Crippen LogP contribution in [0.1, 0.15) is 6.42 Å². The summed E-state index contributed by atoms with van der Waals surface area (Å²) >= 11 is 0. The fourth-order valence-electron chi connectivity index (χ4n) is 1.51. The first-order valence-electron chi connectivity index (χ1n) is 4.21. The Morgan fingerprint density at radius 3 is 3.18 bits per heavy atom. The van der Waals surface area contributed by atoms with E-state index in [9.17, 15) is 0 Å². The summed E-state index contributed by atoms with van der Waals surface area (Å²) in [5, 5.41) is 3.31. The van der Waals surface area contributed by atoms with Crippen LogP contribution in [0.2, 0.25) is 0 Å². The van der Waals surface area contributed by atoms with Crippen molar-refractivity contribution in [1.29, 1.82) is 0 Å². The van der Waals surface area contributed by atoms with Crippen molar-refractivity contribution in [3.05, 3.63) is 12.3 Å². The standard InChI is InChI=1S/C8H14N2O/c1-2-5-10(4-1)8-7-9-3-6-11-8/h1,4,8-9H,2-3,5-7H2. The predicted octanol–water partition coefficient (Wildman–Crippen LogP) is 0.152. The summed E-state index contributed by atoms with van der Waals surface area (Å²) in [5.74, 6) is 0. The second-order valence-electron chi connectivity index (χ2n) is 2.94. The molecule has 3 heteroatoms. The highest BCUT2D eigenvalue weighted by Crippen LogP contribution is 2.10. The number of nitrogens with zero attached hydrogens (tertiary/aromatic N) is 1. The lowest BCUT2D eigenvalue weighted by atomic mass is 10.4. The van der Waals surface area contributed by atoms with Crippen LogP contribution in [0.4, 0.5) is 0 Å². The number of ether oxygens (including phenoxy) is 1. The molecule has 11 heavy (non-hydrogen) atoms. The van der Waals surface area contributed by atoms with Gasteiger partial charge in [-0.3, -0.25) is 0 Å². The Bertz CT molecular complexity index is 152. The van der Waals surface area contributed by atoms with Crippen LogP contribution in [0.3, 0.4) is 0 Å². The van der Waals surface area contributed by atoms with Gasteiger partial charge in [-0.25, -0.2) is 0 Å². The molecule has 0 saturated carbocycles. The third-order valence-electron chi connectivity index (χ3n) is 2.13. The van der Waals surface area contributed by atoms with E-state index >= 15 is 0 Å². The first-order valence-corrected chi connectivity index (χ1v) is 4.21. The molecule has 2 aliphatic heterocycles. The molecule has 2 heterocycles. The molecule has 3 nitrogen and oxygen atoms in total. The van der Waals surface area contributed by atoms with E-state index < -0.39 is 0 Å². The van der Waals surface area contributed by atoms with E-state index in [-0.39, 0.29) is 6.23 Å². The summed E-state index contributed by atoms with van der Waals surface area (Å²) in [6, 6.07) is 0. The molecule has 1 unspecified atom stereocenters. The molecule has 2 aliphatic rings. The van der Waals surface area contributed by atoms with E-state index in [4.69, 9.17) is 4.74 Å². The van der Waals surface area contributed by atoms with Crippen LogP contribution < -0.4 is 5.32 Å². The van der Waals surface area contributed by atoms with Crippen molar-refractivity contribution >= 4 is 0 Å². The maximum atomic E-state index is 5.57. The second kappa shape index (κ2) is 3.24. The quantitative estimate of drug-likeness (QED) is 0.582. The van der Waals surface area contributed by atoms with E-state index in [2.05, 4.69) is 22.5 Å². The minimum atomic E-state index is 0.280. The number of hydrogen-bond acceptors (Lipinski definition) is 3. The summed E-state index contributed by atoms with van der Waals surface area (Å²) in [5.41, 5.74) is 0. The van der Waals surface area contributed by atoms with Gasteiger partial charge in [-0.2, -0.15) is 0 Å². The Kier molecular flexibility index (Phi) is 2.10. The zero-order valence-corrected chi connectivity index (χ0v) is 6.62. The first-order chi connectivity index (χ1) is 5.47. The van der Waals surface area contributed by atoms with Gasteiger partial charge < -0.3 is 15.0 Å². The largest absolute Gasteiger partial charge is 0.356 e. The van der Waals surface area contributed by atoms with Gasteiger partial charge in [0.05, 0.1) is 6.61 Å². The van der Waals surface area contributed by atoms with Crippen molar-refractivity contribution in [1.82, 2.24) is 10.2 Å². The molecule has 0 bridgehead atoms. The third kappa shape index (κ3) is 1.54. The molecule has 1 saturated heterocycles. The molecule has 0 aromatic rings. The molecule has 2 rings (SSSR count).